The second-order valence-corrected chi connectivity index (χ2v) is 8.11. The first kappa shape index (κ1) is 17.6. The first-order valence-electron chi connectivity index (χ1n) is 8.30. The monoisotopic (exact) mass is 362 g/mol. The van der Waals surface area contributed by atoms with E-state index in [-0.39, 0.29) is 18.6 Å². The lowest BCUT2D eigenvalue weighted by Crippen LogP contribution is -2.50. The standard InChI is InChI=1S/C17H22N4O3S/c1-25(23,24)19-12-14-8-2-3-11-21(14)17(22)20-15-9-4-6-13-7-5-10-18-16(13)15/h4-7,9-10,14,19H,2-3,8,11-12H2,1H3,(H,20,22)/t14-/m0/s1. The van der Waals surface area contributed by atoms with Gasteiger partial charge >= 0.3 is 6.03 Å². The predicted molar refractivity (Wildman–Crippen MR) is 98.0 cm³/mol. The van der Waals surface area contributed by atoms with E-state index >= 15 is 0 Å². The van der Waals surface area contributed by atoms with Crippen molar-refractivity contribution in [2.75, 3.05) is 24.7 Å². The molecule has 0 saturated carbocycles. The Morgan fingerprint density at radius 1 is 1.28 bits per heavy atom. The van der Waals surface area contributed by atoms with Crippen molar-refractivity contribution in [3.8, 4) is 0 Å². The Bertz CT molecular complexity index is 864. The number of carbonyl (C=O) groups excluding carboxylic acids is 1. The second kappa shape index (κ2) is 7.37. The van der Waals surface area contributed by atoms with Gasteiger partial charge < -0.3 is 10.2 Å². The van der Waals surface area contributed by atoms with Gasteiger partial charge in [0, 0.05) is 30.7 Å². The van der Waals surface area contributed by atoms with Gasteiger partial charge in [-0.3, -0.25) is 4.98 Å². The molecule has 2 aromatic rings. The molecular formula is C17H22N4O3S. The highest BCUT2D eigenvalue weighted by Crippen LogP contribution is 2.23. The number of sulfonamides is 1. The van der Waals surface area contributed by atoms with Crippen LogP contribution in [0.3, 0.4) is 0 Å². The molecule has 1 atom stereocenters. The zero-order valence-electron chi connectivity index (χ0n) is 14.1. The Labute approximate surface area is 147 Å². The van der Waals surface area contributed by atoms with Crippen molar-refractivity contribution in [2.45, 2.75) is 25.3 Å². The third kappa shape index (κ3) is 4.46. The van der Waals surface area contributed by atoms with Crippen molar-refractivity contribution in [3.63, 3.8) is 0 Å². The number of benzene rings is 1. The molecule has 8 heteroatoms. The highest BCUT2D eigenvalue weighted by atomic mass is 32.2. The van der Waals surface area contributed by atoms with Crippen LogP contribution in [0, 0.1) is 0 Å². The Balaban J connectivity index is 1.76. The number of fused-ring (bicyclic) bond motifs is 1. The molecule has 1 aliphatic heterocycles. The van der Waals surface area contributed by atoms with E-state index in [1.165, 1.54) is 0 Å². The SMILES string of the molecule is CS(=O)(=O)NC[C@@H]1CCCCN1C(=O)Nc1cccc2cccnc12. The summed E-state index contributed by atoms with van der Waals surface area (Å²) in [5.41, 5.74) is 1.39. The summed E-state index contributed by atoms with van der Waals surface area (Å²) in [5, 5.41) is 3.88. The first-order valence-corrected chi connectivity index (χ1v) is 10.2. The van der Waals surface area contributed by atoms with Crippen LogP contribution in [0.2, 0.25) is 0 Å². The van der Waals surface area contributed by atoms with E-state index in [9.17, 15) is 13.2 Å². The Kier molecular flexibility index (Phi) is 5.19. The predicted octanol–water partition coefficient (Wildman–Crippen LogP) is 2.17. The zero-order valence-corrected chi connectivity index (χ0v) is 14.9. The van der Waals surface area contributed by atoms with Gasteiger partial charge in [0.2, 0.25) is 10.0 Å². The molecule has 1 saturated heterocycles. The van der Waals surface area contributed by atoms with E-state index < -0.39 is 10.0 Å². The Hall–Kier alpha value is -2.19. The number of amides is 2. The van der Waals surface area contributed by atoms with Crippen LogP contribution in [-0.4, -0.2) is 49.7 Å². The number of urea groups is 1. The lowest BCUT2D eigenvalue weighted by Gasteiger charge is -2.35. The summed E-state index contributed by atoms with van der Waals surface area (Å²) in [7, 11) is -3.28. The molecule has 0 spiro atoms. The average Bonchev–Trinajstić information content (AvgIpc) is 2.60. The third-order valence-corrected chi connectivity index (χ3v) is 5.03. The smallest absolute Gasteiger partial charge is 0.320 e. The van der Waals surface area contributed by atoms with Gasteiger partial charge in [-0.1, -0.05) is 18.2 Å². The maximum atomic E-state index is 12.8. The van der Waals surface area contributed by atoms with Crippen molar-refractivity contribution in [1.82, 2.24) is 14.6 Å². The van der Waals surface area contributed by atoms with E-state index in [0.717, 1.165) is 36.4 Å². The van der Waals surface area contributed by atoms with Crippen LogP contribution in [0.5, 0.6) is 0 Å². The van der Waals surface area contributed by atoms with Crippen LogP contribution in [0.1, 0.15) is 19.3 Å². The molecule has 1 aliphatic rings. The molecule has 0 radical (unpaired) electrons. The van der Waals surface area contributed by atoms with Crippen molar-refractivity contribution < 1.29 is 13.2 Å². The number of hydrogen-bond donors (Lipinski definition) is 2. The number of nitrogens with zero attached hydrogens (tertiary/aromatic N) is 2. The molecule has 2 heterocycles. The number of nitrogens with one attached hydrogen (secondary N) is 2. The third-order valence-electron chi connectivity index (χ3n) is 4.34. The summed E-state index contributed by atoms with van der Waals surface area (Å²) in [4.78, 5) is 18.8. The first-order chi connectivity index (χ1) is 11.9. The number of likely N-dealkylation sites (tertiary alicyclic amines) is 1. The van der Waals surface area contributed by atoms with Crippen LogP contribution in [0.25, 0.3) is 10.9 Å². The maximum Gasteiger partial charge on any atom is 0.322 e. The summed E-state index contributed by atoms with van der Waals surface area (Å²) in [6.07, 6.45) is 5.50. The van der Waals surface area contributed by atoms with Gasteiger partial charge in [-0.05, 0) is 31.4 Å². The summed E-state index contributed by atoms with van der Waals surface area (Å²) in [5.74, 6) is 0. The lowest BCUT2D eigenvalue weighted by atomic mass is 10.0. The Morgan fingerprint density at radius 2 is 2.08 bits per heavy atom. The number of carbonyl (C=O) groups is 1. The van der Waals surface area contributed by atoms with Crippen LogP contribution < -0.4 is 10.0 Å². The van der Waals surface area contributed by atoms with Crippen LogP contribution in [-0.2, 0) is 10.0 Å². The fourth-order valence-electron chi connectivity index (χ4n) is 3.12. The normalized spacial score (nSPS) is 18.3. The molecule has 1 aromatic heterocycles. The van der Waals surface area contributed by atoms with E-state index in [0.29, 0.717) is 12.2 Å². The van der Waals surface area contributed by atoms with Crippen molar-refractivity contribution in [2.24, 2.45) is 0 Å². The minimum Gasteiger partial charge on any atom is -0.320 e. The second-order valence-electron chi connectivity index (χ2n) is 6.27. The van der Waals surface area contributed by atoms with E-state index in [4.69, 9.17) is 0 Å². The number of aromatic nitrogens is 1. The molecule has 0 unspecified atom stereocenters. The molecule has 134 valence electrons. The van der Waals surface area contributed by atoms with Gasteiger partial charge in [-0.15, -0.1) is 0 Å². The van der Waals surface area contributed by atoms with Crippen LogP contribution in [0.15, 0.2) is 36.5 Å². The summed E-state index contributed by atoms with van der Waals surface area (Å²) in [6, 6.07) is 9.06. The van der Waals surface area contributed by atoms with Crippen molar-refractivity contribution in [1.29, 1.82) is 0 Å². The molecule has 2 amide bonds. The minimum absolute atomic E-state index is 0.147. The quantitative estimate of drug-likeness (QED) is 0.872. The van der Waals surface area contributed by atoms with Crippen molar-refractivity contribution >= 4 is 32.6 Å². The summed E-state index contributed by atoms with van der Waals surface area (Å²) < 4.78 is 25.2. The summed E-state index contributed by atoms with van der Waals surface area (Å²) in [6.45, 7) is 0.847. The molecule has 0 aliphatic carbocycles. The number of anilines is 1. The van der Waals surface area contributed by atoms with Gasteiger partial charge in [0.15, 0.2) is 0 Å². The van der Waals surface area contributed by atoms with Gasteiger partial charge in [0.05, 0.1) is 17.5 Å². The van der Waals surface area contributed by atoms with Crippen LogP contribution >= 0.6 is 0 Å². The Morgan fingerprint density at radius 3 is 2.88 bits per heavy atom. The minimum atomic E-state index is -3.28. The highest BCUT2D eigenvalue weighted by molar-refractivity contribution is 7.88. The number of para-hydroxylation sites is 1. The largest absolute Gasteiger partial charge is 0.322 e. The number of pyridine rings is 1. The van der Waals surface area contributed by atoms with E-state index in [2.05, 4.69) is 15.0 Å². The van der Waals surface area contributed by atoms with Gasteiger partial charge in [0.25, 0.3) is 0 Å². The van der Waals surface area contributed by atoms with E-state index in [1.807, 2.05) is 30.3 Å². The van der Waals surface area contributed by atoms with Gasteiger partial charge in [-0.2, -0.15) is 0 Å². The molecule has 3 rings (SSSR count). The fraction of sp³-hybridized carbons (Fsp3) is 0.412. The highest BCUT2D eigenvalue weighted by Gasteiger charge is 2.27. The molecule has 1 aromatic carbocycles. The van der Waals surface area contributed by atoms with E-state index in [1.54, 1.807) is 11.1 Å². The lowest BCUT2D eigenvalue weighted by molar-refractivity contribution is 0.164. The maximum absolute atomic E-state index is 12.8. The number of rotatable bonds is 4. The zero-order chi connectivity index (χ0) is 17.9. The molecule has 2 N–H and O–H groups in total. The van der Waals surface area contributed by atoms with Crippen LogP contribution in [0.4, 0.5) is 10.5 Å². The molecule has 0 bridgehead atoms. The molecule has 7 nitrogen and oxygen atoms in total. The average molecular weight is 362 g/mol. The topological polar surface area (TPSA) is 91.4 Å². The molecular weight excluding hydrogens is 340 g/mol. The fourth-order valence-corrected chi connectivity index (χ4v) is 3.61. The van der Waals surface area contributed by atoms with Gasteiger partial charge in [0.1, 0.15) is 0 Å². The number of piperidine rings is 1. The summed E-state index contributed by atoms with van der Waals surface area (Å²) >= 11 is 0. The molecule has 25 heavy (non-hydrogen) atoms. The number of hydrogen-bond acceptors (Lipinski definition) is 4. The van der Waals surface area contributed by atoms with Crippen molar-refractivity contribution in [3.05, 3.63) is 36.5 Å². The van der Waals surface area contributed by atoms with Gasteiger partial charge in [-0.25, -0.2) is 17.9 Å². The molecule has 1 fully saturated rings.